The smallest absolute Gasteiger partial charge is 0.410 e. The van der Waals surface area contributed by atoms with Gasteiger partial charge in [0.1, 0.15) is 17.1 Å². The highest BCUT2D eigenvalue weighted by Crippen LogP contribution is 2.42. The van der Waals surface area contributed by atoms with Gasteiger partial charge in [0.05, 0.1) is 22.2 Å². The molecule has 1 aromatic heterocycles. The number of fused-ring (bicyclic) bond motifs is 3. The maximum Gasteiger partial charge on any atom is 0.417 e. The van der Waals surface area contributed by atoms with Crippen molar-refractivity contribution in [2.24, 2.45) is 7.05 Å². The molecule has 1 atom stereocenters. The number of non-ortho nitro benzene ring substituents is 1. The minimum absolute atomic E-state index is 0.0751. The molecule has 0 saturated carbocycles. The van der Waals surface area contributed by atoms with Gasteiger partial charge in [-0.2, -0.15) is 5.10 Å². The van der Waals surface area contributed by atoms with E-state index in [9.17, 15) is 24.1 Å². The Morgan fingerprint density at radius 3 is 2.71 bits per heavy atom. The van der Waals surface area contributed by atoms with Crippen molar-refractivity contribution in [2.75, 3.05) is 5.32 Å². The van der Waals surface area contributed by atoms with Crippen LogP contribution in [0.4, 0.5) is 20.6 Å². The van der Waals surface area contributed by atoms with Crippen LogP contribution in [0.15, 0.2) is 54.7 Å². The van der Waals surface area contributed by atoms with Crippen LogP contribution in [0.5, 0.6) is 5.75 Å². The van der Waals surface area contributed by atoms with Crippen LogP contribution < -0.4 is 15.4 Å². The first kappa shape index (κ1) is 22.3. The fourth-order valence-corrected chi connectivity index (χ4v) is 4.28. The first-order valence-electron chi connectivity index (χ1n) is 10.2. The van der Waals surface area contributed by atoms with E-state index >= 15 is 0 Å². The quantitative estimate of drug-likeness (QED) is 0.311. The number of carbonyl (C=O) groups excluding carboxylic acids is 2. The molecule has 0 fully saturated rings. The Morgan fingerprint density at radius 1 is 1.26 bits per heavy atom. The highest BCUT2D eigenvalue weighted by molar-refractivity contribution is 6.31. The lowest BCUT2D eigenvalue weighted by Crippen LogP contribution is -2.21. The molecule has 35 heavy (non-hydrogen) atoms. The van der Waals surface area contributed by atoms with Crippen LogP contribution in [0.25, 0.3) is 10.9 Å². The minimum atomic E-state index is -0.896. The van der Waals surface area contributed by atoms with E-state index in [1.165, 1.54) is 47.1 Å². The zero-order valence-corrected chi connectivity index (χ0v) is 18.7. The number of nitro benzene ring substituents is 1. The second-order valence-electron chi connectivity index (χ2n) is 7.79. The van der Waals surface area contributed by atoms with Crippen molar-refractivity contribution >= 4 is 45.9 Å². The van der Waals surface area contributed by atoms with Crippen LogP contribution in [0.1, 0.15) is 27.5 Å². The third-order valence-electron chi connectivity index (χ3n) is 5.51. The molecular weight excluding hydrogens is 481 g/mol. The molecule has 0 aliphatic carbocycles. The Hall–Kier alpha value is -4.51. The number of nitro groups is 1. The third kappa shape index (κ3) is 4.02. The zero-order chi connectivity index (χ0) is 24.9. The molecular formula is C23H15ClFN5O5. The number of carbonyl (C=O) groups is 2. The Balaban J connectivity index is 1.56. The molecule has 2 amide bonds. The summed E-state index contributed by atoms with van der Waals surface area (Å²) in [7, 11) is 1.69. The summed E-state index contributed by atoms with van der Waals surface area (Å²) in [6, 6.07) is 9.53. The van der Waals surface area contributed by atoms with E-state index in [2.05, 4.69) is 15.7 Å². The average Bonchev–Trinajstić information content (AvgIpc) is 3.34. The number of hydrogen-bond donors (Lipinski definition) is 2. The molecule has 0 saturated heterocycles. The van der Waals surface area contributed by atoms with E-state index in [4.69, 9.17) is 16.3 Å². The fraction of sp³-hybridized carbons (Fsp3) is 0.0870. The van der Waals surface area contributed by atoms with Gasteiger partial charge in [-0.15, -0.1) is 0 Å². The van der Waals surface area contributed by atoms with Gasteiger partial charge < -0.3 is 10.1 Å². The lowest BCUT2D eigenvalue weighted by Gasteiger charge is -2.18. The van der Waals surface area contributed by atoms with E-state index in [-0.39, 0.29) is 27.7 Å². The maximum absolute atomic E-state index is 14.0. The Morgan fingerprint density at radius 2 is 2.00 bits per heavy atom. The number of halogens is 2. The van der Waals surface area contributed by atoms with Gasteiger partial charge in [0.2, 0.25) is 0 Å². The van der Waals surface area contributed by atoms with Gasteiger partial charge in [0, 0.05) is 46.9 Å². The second kappa shape index (κ2) is 8.37. The van der Waals surface area contributed by atoms with Crippen LogP contribution in [-0.4, -0.2) is 26.7 Å². The Bertz CT molecular complexity index is 1540. The molecule has 2 heterocycles. The third-order valence-corrected chi connectivity index (χ3v) is 5.85. The maximum atomic E-state index is 14.0. The van der Waals surface area contributed by atoms with Crippen molar-refractivity contribution in [1.29, 1.82) is 0 Å². The molecule has 1 unspecified atom stereocenters. The molecule has 10 nitrogen and oxygen atoms in total. The number of nitrogens with one attached hydrogen (secondary N) is 2. The van der Waals surface area contributed by atoms with Crippen molar-refractivity contribution in [3.8, 4) is 5.75 Å². The fourth-order valence-electron chi connectivity index (χ4n) is 4.06. The van der Waals surface area contributed by atoms with Crippen molar-refractivity contribution in [3.05, 3.63) is 92.4 Å². The number of hydrogen-bond acceptors (Lipinski definition) is 6. The number of aryl methyl sites for hydroxylation is 1. The van der Waals surface area contributed by atoms with Crippen LogP contribution in [0.3, 0.4) is 0 Å². The molecule has 2 N–H and O–H groups in total. The van der Waals surface area contributed by atoms with E-state index in [0.717, 1.165) is 0 Å². The van der Waals surface area contributed by atoms with Crippen LogP contribution in [0, 0.1) is 15.9 Å². The normalized spacial score (nSPS) is 14.5. The summed E-state index contributed by atoms with van der Waals surface area (Å²) in [5, 5.41) is 21.4. The molecule has 176 valence electrons. The Kier molecular flexibility index (Phi) is 5.33. The number of anilines is 1. The summed E-state index contributed by atoms with van der Waals surface area (Å²) in [6.45, 7) is 0. The van der Waals surface area contributed by atoms with Crippen molar-refractivity contribution in [1.82, 2.24) is 15.1 Å². The van der Waals surface area contributed by atoms with E-state index < -0.39 is 28.8 Å². The molecule has 1 aliphatic heterocycles. The zero-order valence-electron chi connectivity index (χ0n) is 17.9. The molecule has 0 spiro atoms. The molecule has 0 bridgehead atoms. The van der Waals surface area contributed by atoms with Gasteiger partial charge in [0.25, 0.3) is 11.6 Å². The first-order valence-corrected chi connectivity index (χ1v) is 10.6. The summed E-state index contributed by atoms with van der Waals surface area (Å²) in [5.41, 5.74) is 1.37. The average molecular weight is 496 g/mol. The number of amides is 2. The summed E-state index contributed by atoms with van der Waals surface area (Å²) in [4.78, 5) is 35.9. The standard InChI is InChI=1S/C23H15ClFN5O5/c1-29-10-11-8-17(26-23(32)35-14-5-3-13(4-6-14)30(33)34)18-19(20(11)28-29)22(31)27-21(18)15-9-12(25)2-7-16(15)24/h2-10,21H,1H3,(H,26,32)(H,27,31). The minimum Gasteiger partial charge on any atom is -0.410 e. The molecule has 12 heteroatoms. The van der Waals surface area contributed by atoms with Gasteiger partial charge in [-0.05, 0) is 36.4 Å². The van der Waals surface area contributed by atoms with Gasteiger partial charge in [0.15, 0.2) is 0 Å². The molecule has 0 radical (unpaired) electrons. The van der Waals surface area contributed by atoms with Crippen LogP contribution in [-0.2, 0) is 7.05 Å². The molecule has 3 aromatic carbocycles. The summed E-state index contributed by atoms with van der Waals surface area (Å²) < 4.78 is 20.8. The highest BCUT2D eigenvalue weighted by atomic mass is 35.5. The largest absolute Gasteiger partial charge is 0.417 e. The highest BCUT2D eigenvalue weighted by Gasteiger charge is 2.37. The van der Waals surface area contributed by atoms with Crippen LogP contribution >= 0.6 is 11.6 Å². The van der Waals surface area contributed by atoms with Gasteiger partial charge in [-0.3, -0.25) is 24.9 Å². The number of nitrogens with zero attached hydrogens (tertiary/aromatic N) is 3. The van der Waals surface area contributed by atoms with Gasteiger partial charge >= 0.3 is 6.09 Å². The lowest BCUT2D eigenvalue weighted by molar-refractivity contribution is -0.384. The summed E-state index contributed by atoms with van der Waals surface area (Å²) in [6.07, 6.45) is 0.783. The number of ether oxygens (including phenoxy) is 1. The SMILES string of the molecule is Cn1cc2cc(NC(=O)Oc3ccc([N+](=O)[O-])cc3)c3c(c2n1)C(=O)NC3c1cc(F)ccc1Cl. The van der Waals surface area contributed by atoms with Gasteiger partial charge in [-0.1, -0.05) is 11.6 Å². The summed E-state index contributed by atoms with van der Waals surface area (Å²) in [5.74, 6) is -0.925. The van der Waals surface area contributed by atoms with E-state index in [0.29, 0.717) is 22.0 Å². The van der Waals surface area contributed by atoms with Crippen molar-refractivity contribution in [2.45, 2.75) is 6.04 Å². The predicted octanol–water partition coefficient (Wildman–Crippen LogP) is 4.72. The molecule has 1 aliphatic rings. The molecule has 4 aromatic rings. The van der Waals surface area contributed by atoms with Gasteiger partial charge in [-0.25, -0.2) is 9.18 Å². The van der Waals surface area contributed by atoms with E-state index in [1.807, 2.05) is 0 Å². The first-order chi connectivity index (χ1) is 16.7. The predicted molar refractivity (Wildman–Crippen MR) is 124 cm³/mol. The van der Waals surface area contributed by atoms with Crippen molar-refractivity contribution < 1.29 is 23.6 Å². The monoisotopic (exact) mass is 495 g/mol. The number of aromatic nitrogens is 2. The second-order valence-corrected chi connectivity index (χ2v) is 8.20. The number of rotatable bonds is 4. The number of benzene rings is 3. The topological polar surface area (TPSA) is 128 Å². The van der Waals surface area contributed by atoms with Crippen LogP contribution in [0.2, 0.25) is 5.02 Å². The molecule has 5 rings (SSSR count). The summed E-state index contributed by atoms with van der Waals surface area (Å²) >= 11 is 6.32. The lowest BCUT2D eigenvalue weighted by atomic mass is 9.94. The Labute approximate surface area is 201 Å². The van der Waals surface area contributed by atoms with E-state index in [1.54, 1.807) is 19.3 Å². The van der Waals surface area contributed by atoms with Crippen molar-refractivity contribution in [3.63, 3.8) is 0 Å².